The zero-order chi connectivity index (χ0) is 23.0. The first kappa shape index (κ1) is 22.5. The van der Waals surface area contributed by atoms with Gasteiger partial charge < -0.3 is 10.1 Å². The van der Waals surface area contributed by atoms with Crippen LogP contribution in [0.2, 0.25) is 0 Å². The van der Waals surface area contributed by atoms with E-state index in [0.717, 1.165) is 25.7 Å². The molecular weight excluding hydrogens is 416 g/mol. The third-order valence-corrected chi connectivity index (χ3v) is 5.93. The van der Waals surface area contributed by atoms with Gasteiger partial charge in [0.05, 0.1) is 13.3 Å². The van der Waals surface area contributed by atoms with Crippen molar-refractivity contribution in [3.63, 3.8) is 0 Å². The third kappa shape index (κ3) is 5.37. The highest BCUT2D eigenvalue weighted by atomic mass is 16.5. The number of hydrogen-bond acceptors (Lipinski definition) is 5. The lowest BCUT2D eigenvalue weighted by molar-refractivity contribution is -0.123. The van der Waals surface area contributed by atoms with Gasteiger partial charge in [0.1, 0.15) is 17.5 Å². The molecule has 4 rings (SSSR count). The predicted molar refractivity (Wildman–Crippen MR) is 126 cm³/mol. The van der Waals surface area contributed by atoms with Crippen LogP contribution in [-0.4, -0.2) is 34.9 Å². The summed E-state index contributed by atoms with van der Waals surface area (Å²) in [6.07, 6.45) is 9.69. The van der Waals surface area contributed by atoms with Gasteiger partial charge in [-0.2, -0.15) is 0 Å². The summed E-state index contributed by atoms with van der Waals surface area (Å²) in [5, 5.41) is 3.20. The van der Waals surface area contributed by atoms with Gasteiger partial charge in [-0.3, -0.25) is 19.5 Å². The molecule has 1 atom stereocenters. The van der Waals surface area contributed by atoms with Crippen LogP contribution < -0.4 is 15.0 Å². The Labute approximate surface area is 193 Å². The summed E-state index contributed by atoms with van der Waals surface area (Å²) in [5.74, 6) is 0.0683. The summed E-state index contributed by atoms with van der Waals surface area (Å²) in [6, 6.07) is 15.7. The second-order valence-electron chi connectivity index (χ2n) is 8.12. The molecule has 0 spiro atoms. The number of anilines is 1. The highest BCUT2D eigenvalue weighted by molar-refractivity contribution is 6.09. The largest absolute Gasteiger partial charge is 0.497 e. The van der Waals surface area contributed by atoms with Crippen LogP contribution in [0.1, 0.15) is 54.2 Å². The molecule has 170 valence electrons. The topological polar surface area (TPSA) is 84.4 Å². The number of carbonyl (C=O) groups is 2. The SMILES string of the molecule is COc1ccc([C@@H](C(=O)NC2CCCCC2)N(C(=O)c2cnccn2)c2ccccc2)cc1. The van der Waals surface area contributed by atoms with Gasteiger partial charge in [-0.25, -0.2) is 4.98 Å². The average molecular weight is 445 g/mol. The molecule has 33 heavy (non-hydrogen) atoms. The van der Waals surface area contributed by atoms with Gasteiger partial charge in [0.15, 0.2) is 0 Å². The summed E-state index contributed by atoms with van der Waals surface area (Å²) < 4.78 is 5.29. The second-order valence-corrected chi connectivity index (χ2v) is 8.12. The maximum Gasteiger partial charge on any atom is 0.279 e. The van der Waals surface area contributed by atoms with Gasteiger partial charge in [-0.05, 0) is 42.7 Å². The van der Waals surface area contributed by atoms with Crippen molar-refractivity contribution in [2.45, 2.75) is 44.2 Å². The van der Waals surface area contributed by atoms with Crippen molar-refractivity contribution in [2.75, 3.05) is 12.0 Å². The fourth-order valence-corrected chi connectivity index (χ4v) is 4.24. The molecule has 2 amide bonds. The van der Waals surface area contributed by atoms with E-state index in [2.05, 4.69) is 15.3 Å². The quantitative estimate of drug-likeness (QED) is 0.587. The Hall–Kier alpha value is -3.74. The van der Waals surface area contributed by atoms with Gasteiger partial charge in [0.25, 0.3) is 5.91 Å². The second kappa shape index (κ2) is 10.7. The summed E-state index contributed by atoms with van der Waals surface area (Å²) in [4.78, 5) is 37.2. The summed E-state index contributed by atoms with van der Waals surface area (Å²) in [5.41, 5.74) is 1.46. The molecule has 1 N–H and O–H groups in total. The first-order valence-corrected chi connectivity index (χ1v) is 11.3. The van der Waals surface area contributed by atoms with E-state index in [4.69, 9.17) is 4.74 Å². The number of carbonyl (C=O) groups excluding carboxylic acids is 2. The number of rotatable bonds is 7. The van der Waals surface area contributed by atoms with Crippen molar-refractivity contribution in [1.82, 2.24) is 15.3 Å². The Kier molecular flexibility index (Phi) is 7.29. The van der Waals surface area contributed by atoms with Gasteiger partial charge in [0, 0.05) is 24.1 Å². The van der Waals surface area contributed by atoms with Crippen LogP contribution in [-0.2, 0) is 4.79 Å². The van der Waals surface area contributed by atoms with Crippen molar-refractivity contribution in [3.8, 4) is 5.75 Å². The van der Waals surface area contributed by atoms with Crippen LogP contribution in [0.4, 0.5) is 5.69 Å². The number of nitrogens with one attached hydrogen (secondary N) is 1. The molecule has 7 heteroatoms. The van der Waals surface area contributed by atoms with E-state index in [-0.39, 0.29) is 17.6 Å². The highest BCUT2D eigenvalue weighted by Crippen LogP contribution is 2.31. The molecule has 2 aromatic carbocycles. The van der Waals surface area contributed by atoms with Gasteiger partial charge in [-0.1, -0.05) is 49.6 Å². The van der Waals surface area contributed by atoms with Gasteiger partial charge in [-0.15, -0.1) is 0 Å². The number of hydrogen-bond donors (Lipinski definition) is 1. The van der Waals surface area contributed by atoms with Crippen molar-refractivity contribution < 1.29 is 14.3 Å². The smallest absolute Gasteiger partial charge is 0.279 e. The Morgan fingerprint density at radius 1 is 1.00 bits per heavy atom. The van der Waals surface area contributed by atoms with Crippen molar-refractivity contribution >= 4 is 17.5 Å². The monoisotopic (exact) mass is 444 g/mol. The van der Waals surface area contributed by atoms with Crippen LogP contribution in [0.3, 0.4) is 0 Å². The van der Waals surface area contributed by atoms with Crippen LogP contribution in [0.5, 0.6) is 5.75 Å². The number of para-hydroxylation sites is 1. The van der Waals surface area contributed by atoms with E-state index in [0.29, 0.717) is 17.0 Å². The van der Waals surface area contributed by atoms with E-state index in [1.807, 2.05) is 42.5 Å². The molecule has 0 saturated heterocycles. The number of benzene rings is 2. The summed E-state index contributed by atoms with van der Waals surface area (Å²) in [6.45, 7) is 0. The van der Waals surface area contributed by atoms with Crippen LogP contribution >= 0.6 is 0 Å². The number of nitrogens with zero attached hydrogens (tertiary/aromatic N) is 3. The van der Waals surface area contributed by atoms with E-state index >= 15 is 0 Å². The van der Waals surface area contributed by atoms with Crippen LogP contribution in [0.25, 0.3) is 0 Å². The number of amides is 2. The van der Waals surface area contributed by atoms with E-state index in [9.17, 15) is 9.59 Å². The van der Waals surface area contributed by atoms with Crippen molar-refractivity contribution in [3.05, 3.63) is 84.4 Å². The summed E-state index contributed by atoms with van der Waals surface area (Å²) >= 11 is 0. The number of ether oxygens (including phenoxy) is 1. The fraction of sp³-hybridized carbons (Fsp3) is 0.308. The third-order valence-electron chi connectivity index (χ3n) is 5.93. The Balaban J connectivity index is 1.77. The summed E-state index contributed by atoms with van der Waals surface area (Å²) in [7, 11) is 1.59. The molecule has 1 saturated carbocycles. The maximum atomic E-state index is 13.7. The molecular formula is C26H28N4O3. The van der Waals surface area contributed by atoms with E-state index in [1.165, 1.54) is 29.9 Å². The zero-order valence-corrected chi connectivity index (χ0v) is 18.7. The van der Waals surface area contributed by atoms with Gasteiger partial charge >= 0.3 is 0 Å². The minimum absolute atomic E-state index is 0.108. The van der Waals surface area contributed by atoms with E-state index < -0.39 is 11.9 Å². The molecule has 0 bridgehead atoms. The van der Waals surface area contributed by atoms with Gasteiger partial charge in [0.2, 0.25) is 5.91 Å². The molecule has 0 aliphatic heterocycles. The number of methoxy groups -OCH3 is 1. The van der Waals surface area contributed by atoms with Crippen LogP contribution in [0.15, 0.2) is 73.2 Å². The van der Waals surface area contributed by atoms with Crippen molar-refractivity contribution in [1.29, 1.82) is 0 Å². The minimum Gasteiger partial charge on any atom is -0.497 e. The fourth-order valence-electron chi connectivity index (χ4n) is 4.24. The molecule has 1 aliphatic rings. The normalized spacial score (nSPS) is 14.8. The average Bonchev–Trinajstić information content (AvgIpc) is 2.88. The molecule has 1 aromatic heterocycles. The Morgan fingerprint density at radius 3 is 2.36 bits per heavy atom. The maximum absolute atomic E-state index is 13.7. The predicted octanol–water partition coefficient (Wildman–Crippen LogP) is 4.32. The Bertz CT molecular complexity index is 1050. The van der Waals surface area contributed by atoms with Crippen molar-refractivity contribution in [2.24, 2.45) is 0 Å². The molecule has 1 heterocycles. The molecule has 1 aliphatic carbocycles. The first-order chi connectivity index (χ1) is 16.2. The lowest BCUT2D eigenvalue weighted by Gasteiger charge is -2.33. The minimum atomic E-state index is -0.880. The Morgan fingerprint density at radius 2 is 1.73 bits per heavy atom. The lowest BCUT2D eigenvalue weighted by atomic mass is 9.94. The highest BCUT2D eigenvalue weighted by Gasteiger charge is 2.35. The van der Waals surface area contributed by atoms with E-state index in [1.54, 1.807) is 19.2 Å². The standard InChI is InChI=1S/C26H28N4O3/c1-33-22-14-12-19(13-15-22)24(25(31)29-20-8-4-2-5-9-20)30(21-10-6-3-7-11-21)26(32)23-18-27-16-17-28-23/h3,6-7,10-18,20,24H,2,4-5,8-9H2,1H3,(H,29,31)/t24-/m0/s1. The zero-order valence-electron chi connectivity index (χ0n) is 18.7. The van der Waals surface area contributed by atoms with Crippen LogP contribution in [0, 0.1) is 0 Å². The lowest BCUT2D eigenvalue weighted by Crippen LogP contribution is -2.47. The number of aromatic nitrogens is 2. The molecule has 0 radical (unpaired) electrons. The molecule has 3 aromatic rings. The molecule has 1 fully saturated rings. The first-order valence-electron chi connectivity index (χ1n) is 11.3. The molecule has 0 unspecified atom stereocenters. The molecule has 7 nitrogen and oxygen atoms in total.